The number of hydrogen-bond donors (Lipinski definition) is 2. The molecular formula is C66H114NO8P. The zero-order chi connectivity index (χ0) is 55.2. The molecule has 76 heavy (non-hydrogen) atoms. The number of carbonyl (C=O) groups excluding carboxylic acids is 2. The van der Waals surface area contributed by atoms with Crippen molar-refractivity contribution in [3.63, 3.8) is 0 Å². The van der Waals surface area contributed by atoms with Crippen LogP contribution in [0, 0.1) is 0 Å². The number of rotatable bonds is 57. The van der Waals surface area contributed by atoms with Crippen LogP contribution in [0.5, 0.6) is 0 Å². The minimum Gasteiger partial charge on any atom is -0.462 e. The van der Waals surface area contributed by atoms with Gasteiger partial charge in [0.05, 0.1) is 13.2 Å². The second-order valence-corrected chi connectivity index (χ2v) is 21.7. The Bertz CT molecular complexity index is 1610. The first kappa shape index (κ1) is 72.7. The van der Waals surface area contributed by atoms with Gasteiger partial charge in [0.25, 0.3) is 0 Å². The molecule has 0 heterocycles. The highest BCUT2D eigenvalue weighted by Crippen LogP contribution is 2.43. The topological polar surface area (TPSA) is 134 Å². The normalized spacial score (nSPS) is 13.8. The molecule has 0 aromatic heterocycles. The Balaban J connectivity index is 3.88. The van der Waals surface area contributed by atoms with Crippen molar-refractivity contribution in [1.82, 2.24) is 0 Å². The summed E-state index contributed by atoms with van der Waals surface area (Å²) in [7, 11) is -4.39. The van der Waals surface area contributed by atoms with E-state index in [9.17, 15) is 19.0 Å². The van der Waals surface area contributed by atoms with Gasteiger partial charge in [0.1, 0.15) is 6.61 Å². The summed E-state index contributed by atoms with van der Waals surface area (Å²) in [5.74, 6) is -0.825. The molecule has 0 amide bonds. The molecule has 0 aliphatic carbocycles. The fourth-order valence-electron chi connectivity index (χ4n) is 8.39. The molecule has 0 aliphatic rings. The van der Waals surface area contributed by atoms with Crippen LogP contribution in [0.25, 0.3) is 0 Å². The fourth-order valence-corrected chi connectivity index (χ4v) is 9.16. The summed E-state index contributed by atoms with van der Waals surface area (Å²) < 4.78 is 33.0. The summed E-state index contributed by atoms with van der Waals surface area (Å²) in [6.07, 6.45) is 83.0. The lowest BCUT2D eigenvalue weighted by Gasteiger charge is -2.19. The number of unbranched alkanes of at least 4 members (excludes halogenated alkanes) is 26. The summed E-state index contributed by atoms with van der Waals surface area (Å²) in [4.78, 5) is 35.1. The van der Waals surface area contributed by atoms with E-state index in [2.05, 4.69) is 123 Å². The van der Waals surface area contributed by atoms with Crippen molar-refractivity contribution in [3.8, 4) is 0 Å². The zero-order valence-corrected chi connectivity index (χ0v) is 49.6. The number of nitrogens with two attached hydrogens (primary N) is 1. The highest BCUT2D eigenvalue weighted by Gasteiger charge is 2.26. The van der Waals surface area contributed by atoms with Gasteiger partial charge in [-0.1, -0.05) is 277 Å². The number of phosphoric ester groups is 1. The van der Waals surface area contributed by atoms with Gasteiger partial charge in [0.2, 0.25) is 0 Å². The van der Waals surface area contributed by atoms with Crippen molar-refractivity contribution >= 4 is 19.8 Å². The Morgan fingerprint density at radius 2 is 0.724 bits per heavy atom. The van der Waals surface area contributed by atoms with Gasteiger partial charge in [-0.3, -0.25) is 18.6 Å². The van der Waals surface area contributed by atoms with Gasteiger partial charge in [-0.2, -0.15) is 0 Å². The number of phosphoric acid groups is 1. The molecule has 0 bridgehead atoms. The summed E-state index contributed by atoms with van der Waals surface area (Å²) in [5, 5.41) is 0. The summed E-state index contributed by atoms with van der Waals surface area (Å²) in [5.41, 5.74) is 5.38. The van der Waals surface area contributed by atoms with Crippen LogP contribution in [0.2, 0.25) is 0 Å². The molecule has 3 N–H and O–H groups in total. The lowest BCUT2D eigenvalue weighted by Crippen LogP contribution is -2.29. The van der Waals surface area contributed by atoms with Crippen molar-refractivity contribution in [2.75, 3.05) is 26.4 Å². The third-order valence-corrected chi connectivity index (χ3v) is 13.9. The SMILES string of the molecule is CC/C=C\C/C=C\C/C=C\C/C=C\C/C=C\C/C=C\C/C=C\C/C=C\C/C=C\CCCCCCCCCCCCCCCC(=O)OC(COC(=O)CCCCCCCCCCCCCCCC)COP(=O)(O)OCCN. The highest BCUT2D eigenvalue weighted by atomic mass is 31.2. The van der Waals surface area contributed by atoms with Crippen molar-refractivity contribution in [2.45, 2.75) is 270 Å². The number of hydrogen-bond acceptors (Lipinski definition) is 8. The monoisotopic (exact) mass is 1080 g/mol. The van der Waals surface area contributed by atoms with Gasteiger partial charge < -0.3 is 20.1 Å². The van der Waals surface area contributed by atoms with Crippen molar-refractivity contribution in [2.24, 2.45) is 5.73 Å². The smallest absolute Gasteiger partial charge is 0.462 e. The van der Waals surface area contributed by atoms with Crippen LogP contribution in [0.15, 0.2) is 109 Å². The van der Waals surface area contributed by atoms with E-state index >= 15 is 0 Å². The van der Waals surface area contributed by atoms with Gasteiger partial charge in [0, 0.05) is 19.4 Å². The van der Waals surface area contributed by atoms with E-state index in [0.717, 1.165) is 96.3 Å². The minimum atomic E-state index is -4.39. The van der Waals surface area contributed by atoms with Crippen molar-refractivity contribution < 1.29 is 37.6 Å². The first-order chi connectivity index (χ1) is 37.3. The molecule has 0 aromatic carbocycles. The fraction of sp³-hybridized carbons (Fsp3) is 0.697. The summed E-state index contributed by atoms with van der Waals surface area (Å²) in [6, 6.07) is 0. The largest absolute Gasteiger partial charge is 0.472 e. The van der Waals surface area contributed by atoms with Gasteiger partial charge in [0.15, 0.2) is 6.10 Å². The summed E-state index contributed by atoms with van der Waals surface area (Å²) in [6.45, 7) is 3.64. The standard InChI is InChI=1S/C66H114NO8P/c1-3-5-7-9-11-13-15-17-19-20-21-22-23-24-25-26-27-28-29-30-31-32-33-34-35-36-37-38-39-40-41-42-43-44-45-47-49-51-53-55-57-59-66(69)75-64(63-74-76(70,71)73-61-60-67)62-72-65(68)58-56-54-52-50-48-46-18-16-14-12-10-8-6-4-2/h5,7,11,13,17,19,21-22,24-25,27-28,30-31,33-34,36-37,64H,3-4,6,8-10,12,14-16,18,20,23,26,29,32,35,38-63,67H2,1-2H3,(H,70,71)/b7-5-,13-11-,19-17-,22-21-,25-24-,28-27-,31-30-,34-33-,37-36-. The van der Waals surface area contributed by atoms with Gasteiger partial charge >= 0.3 is 19.8 Å². The lowest BCUT2D eigenvalue weighted by atomic mass is 10.0. The molecule has 10 heteroatoms. The molecule has 0 aromatic rings. The van der Waals surface area contributed by atoms with E-state index < -0.39 is 26.5 Å². The Kier molecular flexibility index (Phi) is 58.2. The Morgan fingerprint density at radius 3 is 1.08 bits per heavy atom. The highest BCUT2D eigenvalue weighted by molar-refractivity contribution is 7.47. The third-order valence-electron chi connectivity index (χ3n) is 12.9. The van der Waals surface area contributed by atoms with Crippen molar-refractivity contribution in [1.29, 1.82) is 0 Å². The molecule has 436 valence electrons. The number of carbonyl (C=O) groups is 2. The van der Waals surface area contributed by atoms with E-state index in [1.807, 2.05) is 0 Å². The first-order valence-corrected chi connectivity index (χ1v) is 32.4. The third kappa shape index (κ3) is 59.9. The van der Waals surface area contributed by atoms with E-state index in [0.29, 0.717) is 6.42 Å². The zero-order valence-electron chi connectivity index (χ0n) is 48.7. The second-order valence-electron chi connectivity index (χ2n) is 20.2. The maximum absolute atomic E-state index is 12.7. The Morgan fingerprint density at radius 1 is 0.408 bits per heavy atom. The second kappa shape index (κ2) is 60.9. The van der Waals surface area contributed by atoms with Crippen LogP contribution in [0.4, 0.5) is 0 Å². The predicted molar refractivity (Wildman–Crippen MR) is 325 cm³/mol. The van der Waals surface area contributed by atoms with Crippen LogP contribution in [0.3, 0.4) is 0 Å². The maximum Gasteiger partial charge on any atom is 0.472 e. The molecule has 2 atom stereocenters. The van der Waals surface area contributed by atoms with E-state index in [1.54, 1.807) is 0 Å². The average molecular weight is 1080 g/mol. The van der Waals surface area contributed by atoms with Gasteiger partial charge in [-0.25, -0.2) is 4.57 Å². The number of ether oxygens (including phenoxy) is 2. The van der Waals surface area contributed by atoms with Gasteiger partial charge in [-0.15, -0.1) is 0 Å². The van der Waals surface area contributed by atoms with E-state index in [4.69, 9.17) is 24.3 Å². The molecule has 0 saturated carbocycles. The molecule has 0 rings (SSSR count). The van der Waals surface area contributed by atoms with Crippen LogP contribution < -0.4 is 5.73 Å². The number of esters is 2. The average Bonchev–Trinajstić information content (AvgIpc) is 3.41. The summed E-state index contributed by atoms with van der Waals surface area (Å²) >= 11 is 0. The molecule has 9 nitrogen and oxygen atoms in total. The molecule has 0 aliphatic heterocycles. The van der Waals surface area contributed by atoms with Crippen LogP contribution in [0.1, 0.15) is 264 Å². The van der Waals surface area contributed by atoms with Crippen LogP contribution in [-0.4, -0.2) is 49.3 Å². The Hall–Kier alpha value is -3.33. The van der Waals surface area contributed by atoms with Crippen molar-refractivity contribution in [3.05, 3.63) is 109 Å². The minimum absolute atomic E-state index is 0.0512. The molecule has 0 radical (unpaired) electrons. The van der Waals surface area contributed by atoms with E-state index in [-0.39, 0.29) is 38.6 Å². The first-order valence-electron chi connectivity index (χ1n) is 30.9. The Labute approximate surface area is 467 Å². The van der Waals surface area contributed by atoms with Crippen LogP contribution in [-0.2, 0) is 32.7 Å². The maximum atomic E-state index is 12.7. The lowest BCUT2D eigenvalue weighted by molar-refractivity contribution is -0.161. The molecule has 2 unspecified atom stereocenters. The molecule has 0 fully saturated rings. The quantitative estimate of drug-likeness (QED) is 0.0264. The predicted octanol–water partition coefficient (Wildman–Crippen LogP) is 19.8. The van der Waals surface area contributed by atoms with E-state index in [1.165, 1.54) is 135 Å². The number of allylic oxidation sites excluding steroid dienone is 18. The molecule has 0 saturated heterocycles. The molecule has 0 spiro atoms. The van der Waals surface area contributed by atoms with Crippen LogP contribution >= 0.6 is 7.82 Å². The van der Waals surface area contributed by atoms with Gasteiger partial charge in [-0.05, 0) is 83.5 Å². The molecular weight excluding hydrogens is 966 g/mol.